The van der Waals surface area contributed by atoms with Gasteiger partial charge in [0.2, 0.25) is 5.85 Å². The number of hydrogen-bond acceptors (Lipinski definition) is 7. The van der Waals surface area contributed by atoms with E-state index in [1.165, 1.54) is 0 Å². The molecule has 174 valence electrons. The number of nitrogens with zero attached hydrogens (tertiary/aromatic N) is 1. The van der Waals surface area contributed by atoms with Crippen LogP contribution in [0, 0.1) is 0 Å². The molecule has 0 unspecified atom stereocenters. The molecule has 0 saturated carbocycles. The quantitative estimate of drug-likeness (QED) is 0.284. The molecule has 4 rings (SSSR count). The molecule has 7 nitrogen and oxygen atoms in total. The molecule has 0 fully saturated rings. The van der Waals surface area contributed by atoms with Gasteiger partial charge in [0.25, 0.3) is 0 Å². The third kappa shape index (κ3) is 5.98. The van der Waals surface area contributed by atoms with E-state index in [-0.39, 0.29) is 0 Å². The van der Waals surface area contributed by atoms with Crippen molar-refractivity contribution >= 4 is 17.0 Å². The van der Waals surface area contributed by atoms with E-state index in [4.69, 9.17) is 32.4 Å². The highest BCUT2D eigenvalue weighted by Crippen LogP contribution is 2.22. The minimum atomic E-state index is -1.65. The number of nitrogens with two attached hydrogens (primary N) is 4. The fourth-order valence-electron chi connectivity index (χ4n) is 3.42. The first-order valence-corrected chi connectivity index (χ1v) is 11.0. The molecular formula is C27H29N5O2. The molecule has 4 aromatic rings. The standard InChI is InChI=1S/C27H29N5O2/c28-26(29)27(30,31)34-23-12-6-8-19(17-23)7-5-11-21-10-2-4-14-25(21)33-18-22-16-15-20-9-1-3-13-24(20)32-22/h1-6,8-17,26H,7,18,28-31H2. The third-order valence-electron chi connectivity index (χ3n) is 5.32. The van der Waals surface area contributed by atoms with Crippen molar-refractivity contribution in [2.24, 2.45) is 22.9 Å². The maximum absolute atomic E-state index is 6.09. The minimum Gasteiger partial charge on any atom is -0.487 e. The Hall–Kier alpha value is -3.75. The molecule has 0 saturated heterocycles. The molecule has 0 radical (unpaired) electrons. The van der Waals surface area contributed by atoms with Crippen LogP contribution in [0.2, 0.25) is 0 Å². The average molecular weight is 456 g/mol. The topological polar surface area (TPSA) is 135 Å². The van der Waals surface area contributed by atoms with E-state index in [0.717, 1.165) is 33.5 Å². The molecular weight excluding hydrogens is 426 g/mol. The van der Waals surface area contributed by atoms with Crippen LogP contribution in [0.1, 0.15) is 16.8 Å². The van der Waals surface area contributed by atoms with E-state index in [2.05, 4.69) is 17.1 Å². The molecule has 0 aliphatic rings. The second-order valence-corrected chi connectivity index (χ2v) is 8.06. The average Bonchev–Trinajstić information content (AvgIpc) is 2.83. The van der Waals surface area contributed by atoms with E-state index in [1.807, 2.05) is 78.9 Å². The summed E-state index contributed by atoms with van der Waals surface area (Å²) in [5.41, 5.74) is 26.6. The van der Waals surface area contributed by atoms with E-state index in [0.29, 0.717) is 18.8 Å². The van der Waals surface area contributed by atoms with Crippen molar-refractivity contribution < 1.29 is 9.47 Å². The monoisotopic (exact) mass is 455 g/mol. The largest absolute Gasteiger partial charge is 0.487 e. The van der Waals surface area contributed by atoms with Crippen LogP contribution in [0.25, 0.3) is 17.0 Å². The Bertz CT molecular complexity index is 1290. The minimum absolute atomic E-state index is 0.387. The Morgan fingerprint density at radius 1 is 0.882 bits per heavy atom. The van der Waals surface area contributed by atoms with Gasteiger partial charge < -0.3 is 20.9 Å². The Morgan fingerprint density at radius 2 is 1.68 bits per heavy atom. The summed E-state index contributed by atoms with van der Waals surface area (Å²) in [5, 5.41) is 1.11. The zero-order chi connectivity index (χ0) is 24.0. The molecule has 0 aliphatic heterocycles. The van der Waals surface area contributed by atoms with Crippen LogP contribution < -0.4 is 32.4 Å². The van der Waals surface area contributed by atoms with Crippen molar-refractivity contribution in [2.45, 2.75) is 25.0 Å². The lowest BCUT2D eigenvalue weighted by Crippen LogP contribution is -2.69. The summed E-state index contributed by atoms with van der Waals surface area (Å²) in [6, 6.07) is 27.5. The Labute approximate surface area is 199 Å². The number of fused-ring (bicyclic) bond motifs is 1. The van der Waals surface area contributed by atoms with E-state index >= 15 is 0 Å². The molecule has 0 amide bonds. The van der Waals surface area contributed by atoms with Crippen LogP contribution in [0.5, 0.6) is 11.5 Å². The number of rotatable bonds is 9. The zero-order valence-corrected chi connectivity index (χ0v) is 18.8. The number of hydrogen-bond donors (Lipinski definition) is 4. The fourth-order valence-corrected chi connectivity index (χ4v) is 3.42. The molecule has 8 N–H and O–H groups in total. The number of benzene rings is 3. The molecule has 34 heavy (non-hydrogen) atoms. The van der Waals surface area contributed by atoms with Gasteiger partial charge in [-0.25, -0.2) is 4.98 Å². The van der Waals surface area contributed by atoms with Gasteiger partial charge in [0.05, 0.1) is 11.2 Å². The zero-order valence-electron chi connectivity index (χ0n) is 18.8. The fraction of sp³-hybridized carbons (Fsp3) is 0.148. The van der Waals surface area contributed by atoms with Crippen LogP contribution >= 0.6 is 0 Å². The second kappa shape index (κ2) is 10.5. The summed E-state index contributed by atoms with van der Waals surface area (Å²) < 4.78 is 11.6. The molecule has 0 aliphatic carbocycles. The lowest BCUT2D eigenvalue weighted by atomic mass is 10.1. The van der Waals surface area contributed by atoms with Gasteiger partial charge in [0.1, 0.15) is 24.3 Å². The number of aromatic nitrogens is 1. The van der Waals surface area contributed by atoms with Crippen molar-refractivity contribution in [1.29, 1.82) is 0 Å². The smallest absolute Gasteiger partial charge is 0.241 e. The lowest BCUT2D eigenvalue weighted by Gasteiger charge is -2.29. The molecule has 0 spiro atoms. The van der Waals surface area contributed by atoms with E-state index < -0.39 is 12.0 Å². The van der Waals surface area contributed by atoms with Gasteiger partial charge in [-0.05, 0) is 42.3 Å². The van der Waals surface area contributed by atoms with Gasteiger partial charge >= 0.3 is 0 Å². The maximum atomic E-state index is 6.09. The van der Waals surface area contributed by atoms with Crippen molar-refractivity contribution in [2.75, 3.05) is 0 Å². The third-order valence-corrected chi connectivity index (χ3v) is 5.32. The Balaban J connectivity index is 1.41. The van der Waals surface area contributed by atoms with Gasteiger partial charge in [0, 0.05) is 10.9 Å². The van der Waals surface area contributed by atoms with Crippen molar-refractivity contribution in [3.63, 3.8) is 0 Å². The van der Waals surface area contributed by atoms with Gasteiger partial charge in [-0.2, -0.15) is 0 Å². The summed E-state index contributed by atoms with van der Waals surface area (Å²) in [6.07, 6.45) is 3.75. The first-order valence-electron chi connectivity index (χ1n) is 11.0. The van der Waals surface area contributed by atoms with Crippen LogP contribution in [0.15, 0.2) is 91.0 Å². The number of para-hydroxylation sites is 2. The summed E-state index contributed by atoms with van der Waals surface area (Å²) in [5.74, 6) is -0.354. The summed E-state index contributed by atoms with van der Waals surface area (Å²) >= 11 is 0. The molecule has 1 heterocycles. The number of pyridine rings is 1. The summed E-state index contributed by atoms with van der Waals surface area (Å²) in [7, 11) is 0. The molecule has 7 heteroatoms. The van der Waals surface area contributed by atoms with Crippen LogP contribution in [-0.2, 0) is 13.0 Å². The van der Waals surface area contributed by atoms with Crippen molar-refractivity contribution in [1.82, 2.24) is 4.98 Å². The summed E-state index contributed by atoms with van der Waals surface area (Å²) in [6.45, 7) is 0.387. The highest BCUT2D eigenvalue weighted by atomic mass is 16.5. The first-order chi connectivity index (χ1) is 16.4. The van der Waals surface area contributed by atoms with Gasteiger partial charge in [-0.1, -0.05) is 66.7 Å². The van der Waals surface area contributed by atoms with Crippen LogP contribution in [-0.4, -0.2) is 17.0 Å². The Kier molecular flexibility index (Phi) is 7.20. The van der Waals surface area contributed by atoms with Crippen LogP contribution in [0.4, 0.5) is 0 Å². The van der Waals surface area contributed by atoms with E-state index in [1.54, 1.807) is 6.07 Å². The predicted octanol–water partition coefficient (Wildman–Crippen LogP) is 3.26. The predicted molar refractivity (Wildman–Crippen MR) is 136 cm³/mol. The Morgan fingerprint density at radius 3 is 2.53 bits per heavy atom. The summed E-state index contributed by atoms with van der Waals surface area (Å²) in [4.78, 5) is 4.68. The second-order valence-electron chi connectivity index (χ2n) is 8.06. The highest BCUT2D eigenvalue weighted by Gasteiger charge is 2.27. The van der Waals surface area contributed by atoms with Gasteiger partial charge in [-0.15, -0.1) is 0 Å². The van der Waals surface area contributed by atoms with Crippen molar-refractivity contribution in [3.8, 4) is 11.5 Å². The maximum Gasteiger partial charge on any atom is 0.241 e. The van der Waals surface area contributed by atoms with Gasteiger partial charge in [0.15, 0.2) is 0 Å². The normalized spacial score (nSPS) is 11.9. The van der Waals surface area contributed by atoms with Crippen LogP contribution in [0.3, 0.4) is 0 Å². The SMILES string of the molecule is NC(N)C(N)(N)Oc1cccc(CC=Cc2ccccc2OCc2ccc3ccccc3n2)c1. The number of ether oxygens (including phenoxy) is 2. The molecule has 0 atom stereocenters. The molecule has 3 aromatic carbocycles. The number of allylic oxidation sites excluding steroid dienone is 1. The van der Waals surface area contributed by atoms with Crippen molar-refractivity contribution in [3.05, 3.63) is 108 Å². The molecule has 0 bridgehead atoms. The first kappa shape index (κ1) is 23.4. The highest BCUT2D eigenvalue weighted by molar-refractivity contribution is 5.78. The lowest BCUT2D eigenvalue weighted by molar-refractivity contribution is 0.0560. The molecule has 1 aromatic heterocycles. The van der Waals surface area contributed by atoms with E-state index in [9.17, 15) is 0 Å². The van der Waals surface area contributed by atoms with Gasteiger partial charge in [-0.3, -0.25) is 11.5 Å².